The standard InChI is InChI=1S/C11H16O3/c1-8(12)4-9-5-10(13-2)7-11(6-9)14-3/h5-8,12H,4H2,1-3H3/t8-/m1/s1. The van der Waals surface area contributed by atoms with E-state index in [-0.39, 0.29) is 6.10 Å². The van der Waals surface area contributed by atoms with Gasteiger partial charge in [0.15, 0.2) is 0 Å². The Hall–Kier alpha value is -1.22. The van der Waals surface area contributed by atoms with Crippen LogP contribution < -0.4 is 9.47 Å². The van der Waals surface area contributed by atoms with Crippen molar-refractivity contribution in [1.29, 1.82) is 0 Å². The van der Waals surface area contributed by atoms with E-state index in [1.165, 1.54) is 0 Å². The van der Waals surface area contributed by atoms with Gasteiger partial charge in [-0.25, -0.2) is 0 Å². The lowest BCUT2D eigenvalue weighted by molar-refractivity contribution is 0.195. The molecule has 0 spiro atoms. The molecule has 1 N–H and O–H groups in total. The number of aliphatic hydroxyl groups excluding tert-OH is 1. The van der Waals surface area contributed by atoms with Gasteiger partial charge in [-0.15, -0.1) is 0 Å². The fraction of sp³-hybridized carbons (Fsp3) is 0.455. The van der Waals surface area contributed by atoms with Gasteiger partial charge in [0, 0.05) is 6.07 Å². The molecule has 0 aliphatic heterocycles. The Morgan fingerprint density at radius 2 is 1.64 bits per heavy atom. The quantitative estimate of drug-likeness (QED) is 0.795. The van der Waals surface area contributed by atoms with E-state index in [9.17, 15) is 5.11 Å². The molecule has 0 saturated heterocycles. The topological polar surface area (TPSA) is 38.7 Å². The normalized spacial score (nSPS) is 12.3. The molecule has 0 radical (unpaired) electrons. The highest BCUT2D eigenvalue weighted by Gasteiger charge is 2.04. The highest BCUT2D eigenvalue weighted by atomic mass is 16.5. The third-order valence-electron chi connectivity index (χ3n) is 1.94. The molecule has 3 nitrogen and oxygen atoms in total. The van der Waals surface area contributed by atoms with Crippen molar-refractivity contribution in [3.8, 4) is 11.5 Å². The second-order valence-electron chi connectivity index (χ2n) is 3.27. The third-order valence-corrected chi connectivity index (χ3v) is 1.94. The van der Waals surface area contributed by atoms with Crippen molar-refractivity contribution in [3.63, 3.8) is 0 Å². The molecule has 0 unspecified atom stereocenters. The molecule has 1 aromatic carbocycles. The van der Waals surface area contributed by atoms with Crippen LogP contribution in [0.25, 0.3) is 0 Å². The molecule has 0 amide bonds. The highest BCUT2D eigenvalue weighted by Crippen LogP contribution is 2.23. The average Bonchev–Trinajstić information content (AvgIpc) is 2.16. The van der Waals surface area contributed by atoms with Gasteiger partial charge < -0.3 is 14.6 Å². The predicted molar refractivity (Wildman–Crippen MR) is 54.9 cm³/mol. The number of rotatable bonds is 4. The Morgan fingerprint density at radius 1 is 1.14 bits per heavy atom. The number of ether oxygens (including phenoxy) is 2. The van der Waals surface area contributed by atoms with Crippen molar-refractivity contribution in [2.75, 3.05) is 14.2 Å². The van der Waals surface area contributed by atoms with Crippen LogP contribution in [0.4, 0.5) is 0 Å². The number of hydrogen-bond acceptors (Lipinski definition) is 3. The van der Waals surface area contributed by atoms with Gasteiger partial charge in [-0.2, -0.15) is 0 Å². The van der Waals surface area contributed by atoms with Crippen LogP contribution in [0.3, 0.4) is 0 Å². The lowest BCUT2D eigenvalue weighted by Crippen LogP contribution is -2.04. The Labute approximate surface area is 84.3 Å². The SMILES string of the molecule is COc1cc(C[C@@H](C)O)cc(OC)c1. The van der Waals surface area contributed by atoms with Crippen molar-refractivity contribution in [2.45, 2.75) is 19.4 Å². The zero-order valence-corrected chi connectivity index (χ0v) is 8.78. The maximum atomic E-state index is 9.25. The molecule has 1 aromatic rings. The fourth-order valence-corrected chi connectivity index (χ4v) is 1.33. The van der Waals surface area contributed by atoms with E-state index in [4.69, 9.17) is 9.47 Å². The van der Waals surface area contributed by atoms with Gasteiger partial charge in [-0.3, -0.25) is 0 Å². The van der Waals surface area contributed by atoms with E-state index in [0.29, 0.717) is 6.42 Å². The predicted octanol–water partition coefficient (Wildman–Crippen LogP) is 1.63. The lowest BCUT2D eigenvalue weighted by atomic mass is 10.1. The fourth-order valence-electron chi connectivity index (χ4n) is 1.33. The molecular formula is C11H16O3. The van der Waals surface area contributed by atoms with Crippen LogP contribution in [-0.4, -0.2) is 25.4 Å². The monoisotopic (exact) mass is 196 g/mol. The molecule has 0 heterocycles. The summed E-state index contributed by atoms with van der Waals surface area (Å²) in [5.41, 5.74) is 1.01. The number of methoxy groups -OCH3 is 2. The maximum Gasteiger partial charge on any atom is 0.122 e. The van der Waals surface area contributed by atoms with Crippen molar-refractivity contribution in [2.24, 2.45) is 0 Å². The third kappa shape index (κ3) is 2.92. The molecule has 0 saturated carbocycles. The van der Waals surface area contributed by atoms with Gasteiger partial charge in [0.25, 0.3) is 0 Å². The summed E-state index contributed by atoms with van der Waals surface area (Å²) < 4.78 is 10.2. The van der Waals surface area contributed by atoms with Crippen LogP contribution in [0.5, 0.6) is 11.5 Å². The van der Waals surface area contributed by atoms with Gasteiger partial charge >= 0.3 is 0 Å². The summed E-state index contributed by atoms with van der Waals surface area (Å²) in [5.74, 6) is 1.50. The minimum absolute atomic E-state index is 0.355. The molecule has 0 fully saturated rings. The van der Waals surface area contributed by atoms with E-state index in [2.05, 4.69) is 0 Å². The van der Waals surface area contributed by atoms with Gasteiger partial charge in [0.2, 0.25) is 0 Å². The van der Waals surface area contributed by atoms with E-state index in [0.717, 1.165) is 17.1 Å². The summed E-state index contributed by atoms with van der Waals surface area (Å²) in [4.78, 5) is 0. The zero-order chi connectivity index (χ0) is 10.6. The second kappa shape index (κ2) is 4.86. The first-order valence-electron chi connectivity index (χ1n) is 4.55. The summed E-state index contributed by atoms with van der Waals surface area (Å²) >= 11 is 0. The van der Waals surface area contributed by atoms with Crippen molar-refractivity contribution >= 4 is 0 Å². The molecule has 0 bridgehead atoms. The molecule has 78 valence electrons. The van der Waals surface area contributed by atoms with Crippen LogP contribution in [0.15, 0.2) is 18.2 Å². The summed E-state index contributed by atoms with van der Waals surface area (Å²) in [5, 5.41) is 9.25. The Balaban J connectivity index is 2.92. The Morgan fingerprint density at radius 3 is 2.00 bits per heavy atom. The van der Waals surface area contributed by atoms with Crippen molar-refractivity contribution in [3.05, 3.63) is 23.8 Å². The number of benzene rings is 1. The molecular weight excluding hydrogens is 180 g/mol. The first kappa shape index (κ1) is 10.9. The first-order valence-corrected chi connectivity index (χ1v) is 4.55. The molecule has 14 heavy (non-hydrogen) atoms. The van der Waals surface area contributed by atoms with Crippen molar-refractivity contribution < 1.29 is 14.6 Å². The van der Waals surface area contributed by atoms with Crippen LogP contribution >= 0.6 is 0 Å². The Bertz CT molecular complexity index is 272. The second-order valence-corrected chi connectivity index (χ2v) is 3.27. The van der Waals surface area contributed by atoms with Crippen LogP contribution in [0.2, 0.25) is 0 Å². The maximum absolute atomic E-state index is 9.25. The molecule has 0 aliphatic carbocycles. The van der Waals surface area contributed by atoms with Gasteiger partial charge in [-0.05, 0) is 31.0 Å². The smallest absolute Gasteiger partial charge is 0.122 e. The summed E-state index contributed by atoms with van der Waals surface area (Å²) in [6.45, 7) is 1.76. The molecule has 1 atom stereocenters. The average molecular weight is 196 g/mol. The van der Waals surface area contributed by atoms with E-state index < -0.39 is 0 Å². The minimum atomic E-state index is -0.355. The number of aliphatic hydroxyl groups is 1. The Kier molecular flexibility index (Phi) is 3.77. The van der Waals surface area contributed by atoms with Gasteiger partial charge in [0.1, 0.15) is 11.5 Å². The molecule has 0 aliphatic rings. The van der Waals surface area contributed by atoms with Crippen molar-refractivity contribution in [1.82, 2.24) is 0 Å². The molecule has 0 aromatic heterocycles. The largest absolute Gasteiger partial charge is 0.497 e. The highest BCUT2D eigenvalue weighted by molar-refractivity contribution is 5.38. The van der Waals surface area contributed by atoms with E-state index in [1.807, 2.05) is 18.2 Å². The molecule has 1 rings (SSSR count). The van der Waals surface area contributed by atoms with Gasteiger partial charge in [-0.1, -0.05) is 0 Å². The van der Waals surface area contributed by atoms with Crippen LogP contribution in [0.1, 0.15) is 12.5 Å². The van der Waals surface area contributed by atoms with Crippen LogP contribution in [-0.2, 0) is 6.42 Å². The summed E-state index contributed by atoms with van der Waals surface area (Å²) in [6, 6.07) is 5.61. The van der Waals surface area contributed by atoms with Crippen LogP contribution in [0, 0.1) is 0 Å². The van der Waals surface area contributed by atoms with E-state index >= 15 is 0 Å². The number of hydrogen-bond donors (Lipinski definition) is 1. The summed E-state index contributed by atoms with van der Waals surface area (Å²) in [7, 11) is 3.22. The molecule has 3 heteroatoms. The lowest BCUT2D eigenvalue weighted by Gasteiger charge is -2.09. The first-order chi connectivity index (χ1) is 6.65. The zero-order valence-electron chi connectivity index (χ0n) is 8.78. The van der Waals surface area contributed by atoms with E-state index in [1.54, 1.807) is 21.1 Å². The van der Waals surface area contributed by atoms with Gasteiger partial charge in [0.05, 0.1) is 20.3 Å². The minimum Gasteiger partial charge on any atom is -0.497 e. The summed E-state index contributed by atoms with van der Waals surface area (Å²) in [6.07, 6.45) is 0.250.